The van der Waals surface area contributed by atoms with Crippen LogP contribution < -0.4 is 0 Å². The molecule has 0 fully saturated rings. The second kappa shape index (κ2) is 5.51. The van der Waals surface area contributed by atoms with Crippen LogP contribution in [0.1, 0.15) is 57.2 Å². The van der Waals surface area contributed by atoms with E-state index in [1.54, 1.807) is 6.21 Å². The zero-order valence-corrected chi connectivity index (χ0v) is 13.9. The highest BCUT2D eigenvalue weighted by Gasteiger charge is 2.20. The number of aryl methyl sites for hydroxylation is 1. The van der Waals surface area contributed by atoms with Crippen LogP contribution in [0.15, 0.2) is 30.3 Å². The van der Waals surface area contributed by atoms with E-state index in [1.165, 1.54) is 16.7 Å². The third kappa shape index (κ3) is 3.26. The minimum absolute atomic E-state index is 0.420. The lowest BCUT2D eigenvalue weighted by Crippen LogP contribution is -2.29. The van der Waals surface area contributed by atoms with Crippen LogP contribution in [0.4, 0.5) is 0 Å². The van der Waals surface area contributed by atoms with Gasteiger partial charge in [0.05, 0.1) is 0 Å². The van der Waals surface area contributed by atoms with Crippen LogP contribution in [0.2, 0.25) is 0 Å². The molecule has 0 bridgehead atoms. The van der Waals surface area contributed by atoms with Gasteiger partial charge in [-0.25, -0.2) is 4.74 Å². The lowest BCUT2D eigenvalue weighted by molar-refractivity contribution is -0.530. The van der Waals surface area contributed by atoms with Crippen LogP contribution in [0.5, 0.6) is 0 Å². The lowest BCUT2D eigenvalue weighted by atomic mass is 10.0. The maximum atomic E-state index is 12.2. The molecule has 2 aliphatic carbocycles. The summed E-state index contributed by atoms with van der Waals surface area (Å²) in [5, 5.41) is 12.2. The number of fused-ring (bicyclic) bond motifs is 1. The first-order valence-electron chi connectivity index (χ1n) is 7.55. The molecule has 2 rings (SSSR count). The van der Waals surface area contributed by atoms with E-state index in [2.05, 4.69) is 45.0 Å². The van der Waals surface area contributed by atoms with E-state index in [0.717, 1.165) is 15.9 Å². The molecular formula is C19H25NO. The average molecular weight is 283 g/mol. The summed E-state index contributed by atoms with van der Waals surface area (Å²) in [5.41, 5.74) is 5.49. The zero-order chi connectivity index (χ0) is 15.8. The van der Waals surface area contributed by atoms with Gasteiger partial charge in [0.25, 0.3) is 0 Å². The summed E-state index contributed by atoms with van der Waals surface area (Å²) in [4.78, 5) is 0. The first kappa shape index (κ1) is 15.6. The topological polar surface area (TPSA) is 26.1 Å². The molecule has 0 unspecified atom stereocenters. The van der Waals surface area contributed by atoms with Crippen molar-refractivity contribution in [1.29, 1.82) is 0 Å². The van der Waals surface area contributed by atoms with E-state index in [-0.39, 0.29) is 0 Å². The summed E-state index contributed by atoms with van der Waals surface area (Å²) < 4.78 is 1.04. The van der Waals surface area contributed by atoms with Crippen LogP contribution >= 0.6 is 0 Å². The molecular weight excluding hydrogens is 258 g/mol. The fourth-order valence-electron chi connectivity index (χ4n) is 2.33. The standard InChI is InChI=1S/C19H25NO/c1-13(2)15-8-7-14(3)17-10-9-16(18(17)11-15)12-20(21)19(4,5)6/h7-13H,1-6H3. The molecule has 0 saturated heterocycles. The Morgan fingerprint density at radius 2 is 1.71 bits per heavy atom. The van der Waals surface area contributed by atoms with Crippen molar-refractivity contribution in [3.05, 3.63) is 52.2 Å². The maximum Gasteiger partial charge on any atom is 0.182 e. The Morgan fingerprint density at radius 1 is 1.05 bits per heavy atom. The van der Waals surface area contributed by atoms with Gasteiger partial charge in [-0.3, -0.25) is 0 Å². The van der Waals surface area contributed by atoms with Gasteiger partial charge in [0.15, 0.2) is 11.8 Å². The van der Waals surface area contributed by atoms with Crippen LogP contribution in [-0.2, 0) is 0 Å². The number of hydroxylamine groups is 1. The first-order chi connectivity index (χ1) is 9.70. The molecule has 2 aliphatic rings. The van der Waals surface area contributed by atoms with Gasteiger partial charge in [0.2, 0.25) is 0 Å². The van der Waals surface area contributed by atoms with Crippen LogP contribution in [0, 0.1) is 12.1 Å². The number of rotatable bonds is 2. The molecule has 0 aromatic carbocycles. The summed E-state index contributed by atoms with van der Waals surface area (Å²) >= 11 is 0. The molecule has 0 amide bonds. The normalized spacial score (nSPS) is 13.2. The average Bonchev–Trinajstić information content (AvgIpc) is 2.67. The lowest BCUT2D eigenvalue weighted by Gasteiger charge is -2.18. The van der Waals surface area contributed by atoms with E-state index in [0.29, 0.717) is 5.92 Å². The molecule has 0 spiro atoms. The molecule has 0 saturated carbocycles. The first-order valence-corrected chi connectivity index (χ1v) is 7.55. The number of hydrogen-bond donors (Lipinski definition) is 0. The van der Waals surface area contributed by atoms with E-state index >= 15 is 0 Å². The summed E-state index contributed by atoms with van der Waals surface area (Å²) in [6.07, 6.45) is 1.71. The van der Waals surface area contributed by atoms with Crippen molar-refractivity contribution < 1.29 is 4.74 Å². The summed E-state index contributed by atoms with van der Waals surface area (Å²) in [6.45, 7) is 12.3. The highest BCUT2D eigenvalue weighted by Crippen LogP contribution is 2.32. The molecule has 0 heterocycles. The largest absolute Gasteiger partial charge is 0.623 e. The molecule has 2 heteroatoms. The summed E-state index contributed by atoms with van der Waals surface area (Å²) in [7, 11) is 0. The highest BCUT2D eigenvalue weighted by atomic mass is 16.5. The van der Waals surface area contributed by atoms with Crippen molar-refractivity contribution in [2.45, 2.75) is 53.0 Å². The molecule has 0 atom stereocenters. The molecule has 0 aromatic heterocycles. The molecule has 0 N–H and O–H groups in total. The summed E-state index contributed by atoms with van der Waals surface area (Å²) in [6, 6.07) is 10.7. The second-order valence-electron chi connectivity index (χ2n) is 7.06. The summed E-state index contributed by atoms with van der Waals surface area (Å²) in [5.74, 6) is 0.466. The van der Waals surface area contributed by atoms with Gasteiger partial charge in [-0.15, -0.1) is 0 Å². The van der Waals surface area contributed by atoms with Gasteiger partial charge in [-0.1, -0.05) is 38.1 Å². The van der Waals surface area contributed by atoms with Crippen molar-refractivity contribution in [3.8, 4) is 11.1 Å². The third-order valence-electron chi connectivity index (χ3n) is 3.88. The third-order valence-corrected chi connectivity index (χ3v) is 3.88. The monoisotopic (exact) mass is 283 g/mol. The molecule has 0 aromatic rings. The maximum absolute atomic E-state index is 12.2. The Labute approximate surface area is 128 Å². The molecule has 0 radical (unpaired) electrons. The zero-order valence-electron chi connectivity index (χ0n) is 13.9. The van der Waals surface area contributed by atoms with Crippen molar-refractivity contribution in [2.75, 3.05) is 0 Å². The van der Waals surface area contributed by atoms with Crippen molar-refractivity contribution in [3.63, 3.8) is 0 Å². The van der Waals surface area contributed by atoms with Crippen molar-refractivity contribution >= 4 is 6.21 Å². The van der Waals surface area contributed by atoms with Gasteiger partial charge in [0.1, 0.15) is 0 Å². The van der Waals surface area contributed by atoms with Crippen molar-refractivity contribution in [2.24, 2.45) is 0 Å². The Morgan fingerprint density at radius 3 is 2.29 bits per heavy atom. The minimum Gasteiger partial charge on any atom is -0.623 e. The SMILES string of the molecule is Cc1ccc(C(C)C)cc2c(C=[N+]([O-])C(C)(C)C)ccc1-2. The highest BCUT2D eigenvalue weighted by molar-refractivity contribution is 5.91. The Hall–Kier alpha value is -1.83. The van der Waals surface area contributed by atoms with Crippen LogP contribution in [0.3, 0.4) is 0 Å². The Kier molecular flexibility index (Phi) is 4.08. The molecule has 0 aliphatic heterocycles. The van der Waals surface area contributed by atoms with Gasteiger partial charge in [-0.05, 0) is 41.2 Å². The molecule has 21 heavy (non-hydrogen) atoms. The van der Waals surface area contributed by atoms with Crippen LogP contribution in [-0.4, -0.2) is 16.5 Å². The van der Waals surface area contributed by atoms with Gasteiger partial charge < -0.3 is 5.21 Å². The Balaban J connectivity index is 2.62. The van der Waals surface area contributed by atoms with Gasteiger partial charge in [0, 0.05) is 26.3 Å². The van der Waals surface area contributed by atoms with Crippen LogP contribution in [0.25, 0.3) is 11.1 Å². The fourth-order valence-corrected chi connectivity index (χ4v) is 2.33. The van der Waals surface area contributed by atoms with Crippen molar-refractivity contribution in [1.82, 2.24) is 0 Å². The van der Waals surface area contributed by atoms with Gasteiger partial charge in [-0.2, -0.15) is 0 Å². The second-order valence-corrected chi connectivity index (χ2v) is 7.06. The fraction of sp³-hybridized carbons (Fsp3) is 0.421. The van der Waals surface area contributed by atoms with E-state index in [1.807, 2.05) is 26.8 Å². The Bertz CT molecular complexity index is 647. The number of nitrogens with zero attached hydrogens (tertiary/aromatic N) is 1. The predicted octanol–water partition coefficient (Wildman–Crippen LogP) is 4.95. The molecule has 112 valence electrons. The quantitative estimate of drug-likeness (QED) is 0.331. The van der Waals surface area contributed by atoms with E-state index in [4.69, 9.17) is 0 Å². The molecule has 2 nitrogen and oxygen atoms in total. The van der Waals surface area contributed by atoms with E-state index in [9.17, 15) is 5.21 Å². The predicted molar refractivity (Wildman–Crippen MR) is 90.4 cm³/mol. The van der Waals surface area contributed by atoms with Gasteiger partial charge >= 0.3 is 0 Å². The minimum atomic E-state index is -0.420. The van der Waals surface area contributed by atoms with E-state index < -0.39 is 5.54 Å². The number of hydrogen-bond acceptors (Lipinski definition) is 1. The smallest absolute Gasteiger partial charge is 0.182 e.